The van der Waals surface area contributed by atoms with Gasteiger partial charge < -0.3 is 73.1 Å². The van der Waals surface area contributed by atoms with Crippen LogP contribution in [0, 0.1) is 0 Å². The molecule has 1 aliphatic carbocycles. The summed E-state index contributed by atoms with van der Waals surface area (Å²) in [6.07, 6.45) is -10.8. The molecule has 0 aromatic rings. The molecule has 1 radical (unpaired) electrons. The molecule has 0 spiro atoms. The minimum absolute atomic E-state index is 0. The van der Waals surface area contributed by atoms with Gasteiger partial charge in [-0.3, -0.25) is 0 Å². The van der Waals surface area contributed by atoms with Crippen LogP contribution < -0.4 is 28.7 Å². The quantitative estimate of drug-likeness (QED) is 0.132. The molecule has 1 saturated carbocycles. The number of ether oxygens (including phenoxy) is 4. The van der Waals surface area contributed by atoms with E-state index < -0.39 is 92.2 Å². The predicted molar refractivity (Wildman–Crippen MR) is 108 cm³/mol. The van der Waals surface area contributed by atoms with Crippen LogP contribution in [0.15, 0.2) is 0 Å². The molecule has 3 aliphatic rings. The molecule has 2 heterocycles. The van der Waals surface area contributed by atoms with E-state index in [1.807, 2.05) is 0 Å². The summed E-state index contributed by atoms with van der Waals surface area (Å²) in [4.78, 5) is 0. The van der Waals surface area contributed by atoms with Crippen LogP contribution in [0.3, 0.4) is 0 Å². The van der Waals surface area contributed by atoms with Gasteiger partial charge in [0.2, 0.25) is 0 Å². The van der Waals surface area contributed by atoms with Crippen molar-refractivity contribution in [1.29, 1.82) is 0 Å². The predicted octanol–water partition coefficient (Wildman–Crippen LogP) is -6.30. The number of hydrogen-bond acceptors (Lipinski definition) is 14. The van der Waals surface area contributed by atoms with E-state index >= 15 is 0 Å². The van der Waals surface area contributed by atoms with Gasteiger partial charge in [-0.25, -0.2) is 0 Å². The van der Waals surface area contributed by atoms with Gasteiger partial charge in [-0.2, -0.15) is 0 Å². The van der Waals surface area contributed by atoms with E-state index in [0.717, 1.165) is 0 Å². The Bertz CT molecular complexity index is 614. The topological polar surface area (TPSA) is 268 Å². The SMILES string of the molecule is NC[C@H]1O[C@H](O[C@H]2[C@H](O)[C@@H](O[C@H]3O[C@H](CO)[C@@H](O)[C@H](N)[C@H]3O)[C@H](N)C[C@@H]2N)[C@H](N)C[C@@H]1O.[Ag]. The Morgan fingerprint density at radius 2 is 1.27 bits per heavy atom. The summed E-state index contributed by atoms with van der Waals surface area (Å²) < 4.78 is 22.7. The Morgan fingerprint density at radius 1 is 0.727 bits per heavy atom. The summed E-state index contributed by atoms with van der Waals surface area (Å²) in [5, 5.41) is 50.7. The molecule has 199 valence electrons. The standard InChI is InChI=1S/C18H37N5O9.Ag/c19-3-9-8(25)2-7(22)17(29-9)31-15-5(20)1-6(21)16(14(15)28)32-18-13(27)11(23)12(26)10(4-24)30-18;/h5-18,24-28H,1-4,19-23H2;/t5-,6+,7+,8-,9+,10+,11-,12+,13+,14-,15+,16-,17+,18+;/m0./s1. The van der Waals surface area contributed by atoms with Gasteiger partial charge in [0.15, 0.2) is 12.6 Å². The molecule has 3 rings (SSSR count). The van der Waals surface area contributed by atoms with E-state index in [1.54, 1.807) is 0 Å². The molecule has 0 unspecified atom stereocenters. The monoisotopic (exact) mass is 574 g/mol. The van der Waals surface area contributed by atoms with E-state index in [9.17, 15) is 25.5 Å². The Kier molecular flexibility index (Phi) is 11.1. The van der Waals surface area contributed by atoms with Crippen molar-refractivity contribution in [3.05, 3.63) is 0 Å². The molecule has 15 heteroatoms. The van der Waals surface area contributed by atoms with Crippen LogP contribution in [-0.2, 0) is 41.3 Å². The maximum Gasteiger partial charge on any atom is 0.186 e. The summed E-state index contributed by atoms with van der Waals surface area (Å²) in [6.45, 7) is -0.499. The fourth-order valence-corrected chi connectivity index (χ4v) is 4.43. The first-order valence-corrected chi connectivity index (χ1v) is 10.8. The smallest absolute Gasteiger partial charge is 0.186 e. The molecule has 14 nitrogen and oxygen atoms in total. The zero-order chi connectivity index (χ0) is 23.7. The first kappa shape index (κ1) is 29.4. The summed E-state index contributed by atoms with van der Waals surface area (Å²) in [5.74, 6) is 0. The minimum Gasteiger partial charge on any atom is -0.394 e. The molecule has 3 fully saturated rings. The van der Waals surface area contributed by atoms with Crippen molar-refractivity contribution in [1.82, 2.24) is 0 Å². The van der Waals surface area contributed by atoms with E-state index in [4.69, 9.17) is 47.6 Å². The zero-order valence-electron chi connectivity index (χ0n) is 18.0. The second-order valence-electron chi connectivity index (χ2n) is 8.78. The van der Waals surface area contributed by atoms with Crippen LogP contribution in [0.1, 0.15) is 12.8 Å². The van der Waals surface area contributed by atoms with E-state index in [2.05, 4.69) is 0 Å². The number of aliphatic hydroxyl groups is 5. The second-order valence-corrected chi connectivity index (χ2v) is 8.78. The van der Waals surface area contributed by atoms with Crippen molar-refractivity contribution in [3.63, 3.8) is 0 Å². The van der Waals surface area contributed by atoms with E-state index in [0.29, 0.717) is 0 Å². The van der Waals surface area contributed by atoms with Gasteiger partial charge in [-0.1, -0.05) is 0 Å². The average molecular weight is 575 g/mol. The van der Waals surface area contributed by atoms with Crippen molar-refractivity contribution in [2.24, 2.45) is 28.7 Å². The van der Waals surface area contributed by atoms with Crippen molar-refractivity contribution < 1.29 is 66.9 Å². The normalized spacial score (nSPS) is 51.1. The Hall–Kier alpha value is 0.180. The van der Waals surface area contributed by atoms with Crippen molar-refractivity contribution in [2.45, 2.75) is 98.4 Å². The molecule has 0 aromatic heterocycles. The Morgan fingerprint density at radius 3 is 1.82 bits per heavy atom. The second kappa shape index (κ2) is 12.4. The fraction of sp³-hybridized carbons (Fsp3) is 1.00. The minimum atomic E-state index is -1.44. The van der Waals surface area contributed by atoms with Gasteiger partial charge in [0.1, 0.15) is 36.6 Å². The third-order valence-electron chi connectivity index (χ3n) is 6.41. The van der Waals surface area contributed by atoms with Gasteiger partial charge in [0.25, 0.3) is 0 Å². The number of rotatable bonds is 6. The number of nitrogens with two attached hydrogens (primary N) is 5. The van der Waals surface area contributed by atoms with Crippen LogP contribution in [0.5, 0.6) is 0 Å². The van der Waals surface area contributed by atoms with Gasteiger partial charge in [-0.15, -0.1) is 0 Å². The van der Waals surface area contributed by atoms with Crippen molar-refractivity contribution >= 4 is 0 Å². The summed E-state index contributed by atoms with van der Waals surface area (Å²) >= 11 is 0. The van der Waals surface area contributed by atoms with Crippen LogP contribution in [-0.4, -0.2) is 124 Å². The third kappa shape index (κ3) is 6.31. The molecule has 14 atom stereocenters. The zero-order valence-corrected chi connectivity index (χ0v) is 19.5. The molecule has 0 aromatic carbocycles. The molecule has 2 aliphatic heterocycles. The molecule has 0 amide bonds. The third-order valence-corrected chi connectivity index (χ3v) is 6.41. The van der Waals surface area contributed by atoms with Gasteiger partial charge in [0.05, 0.1) is 30.9 Å². The average Bonchev–Trinajstić information content (AvgIpc) is 2.75. The molecular weight excluding hydrogens is 538 g/mol. The number of hydrogen-bond donors (Lipinski definition) is 10. The van der Waals surface area contributed by atoms with E-state index in [1.165, 1.54) is 0 Å². The van der Waals surface area contributed by atoms with Crippen LogP contribution >= 0.6 is 0 Å². The van der Waals surface area contributed by atoms with Crippen LogP contribution in [0.2, 0.25) is 0 Å². The van der Waals surface area contributed by atoms with Gasteiger partial charge >= 0.3 is 0 Å². The van der Waals surface area contributed by atoms with Crippen LogP contribution in [0.25, 0.3) is 0 Å². The van der Waals surface area contributed by atoms with Crippen molar-refractivity contribution in [2.75, 3.05) is 13.2 Å². The van der Waals surface area contributed by atoms with Gasteiger partial charge in [-0.05, 0) is 12.8 Å². The number of aliphatic hydroxyl groups excluding tert-OH is 5. The largest absolute Gasteiger partial charge is 0.394 e. The first-order valence-electron chi connectivity index (χ1n) is 10.8. The molecule has 2 saturated heterocycles. The first-order chi connectivity index (χ1) is 15.1. The maximum absolute atomic E-state index is 11.0. The molecule has 33 heavy (non-hydrogen) atoms. The van der Waals surface area contributed by atoms with E-state index in [-0.39, 0.29) is 41.8 Å². The molecule has 0 bridgehead atoms. The van der Waals surface area contributed by atoms with Crippen LogP contribution in [0.4, 0.5) is 0 Å². The maximum atomic E-state index is 11.0. The summed E-state index contributed by atoms with van der Waals surface area (Å²) in [5.41, 5.74) is 29.8. The summed E-state index contributed by atoms with van der Waals surface area (Å²) in [6, 6.07) is -3.27. The van der Waals surface area contributed by atoms with Crippen molar-refractivity contribution in [3.8, 4) is 0 Å². The molecular formula is C18H37AgN5O9. The van der Waals surface area contributed by atoms with Gasteiger partial charge in [0, 0.05) is 41.0 Å². The Balaban J connectivity index is 0.00000385. The summed E-state index contributed by atoms with van der Waals surface area (Å²) in [7, 11) is 0. The Labute approximate surface area is 207 Å². The fourth-order valence-electron chi connectivity index (χ4n) is 4.43. The molecule has 15 N–H and O–H groups in total.